The quantitative estimate of drug-likeness (QED) is 0.891. The predicted octanol–water partition coefficient (Wildman–Crippen LogP) is 1.92. The van der Waals surface area contributed by atoms with Gasteiger partial charge in [-0.3, -0.25) is 14.6 Å². The summed E-state index contributed by atoms with van der Waals surface area (Å²) in [5.74, 6) is -0.656. The van der Waals surface area contributed by atoms with Gasteiger partial charge in [0.2, 0.25) is 0 Å². The van der Waals surface area contributed by atoms with Gasteiger partial charge in [-0.1, -0.05) is 12.1 Å². The van der Waals surface area contributed by atoms with Gasteiger partial charge < -0.3 is 9.84 Å². The number of benzene rings is 1. The number of hydrogen-bond acceptors (Lipinski definition) is 4. The predicted molar refractivity (Wildman–Crippen MR) is 84.0 cm³/mol. The SMILES string of the molecule is O=C(O)CN1C[C@@H]2COC[C@H](C1)N(Cc1ccc(C(F)(F)F)cc1)C2. The van der Waals surface area contributed by atoms with Crippen molar-refractivity contribution in [3.8, 4) is 0 Å². The number of fused-ring (bicyclic) bond motifs is 3. The Bertz CT molecular complexity index is 606. The van der Waals surface area contributed by atoms with E-state index in [1.54, 1.807) is 0 Å². The van der Waals surface area contributed by atoms with Gasteiger partial charge in [0, 0.05) is 38.1 Å². The lowest BCUT2D eigenvalue weighted by atomic mass is 10.1. The van der Waals surface area contributed by atoms with Crippen LogP contribution in [0.2, 0.25) is 0 Å². The van der Waals surface area contributed by atoms with Crippen molar-refractivity contribution in [2.45, 2.75) is 18.8 Å². The first-order chi connectivity index (χ1) is 11.8. The minimum absolute atomic E-state index is 0.00111. The van der Waals surface area contributed by atoms with Crippen LogP contribution in [0.1, 0.15) is 11.1 Å². The highest BCUT2D eigenvalue weighted by molar-refractivity contribution is 5.69. The molecule has 2 atom stereocenters. The van der Waals surface area contributed by atoms with E-state index < -0.39 is 17.7 Å². The Balaban J connectivity index is 1.70. The van der Waals surface area contributed by atoms with Crippen LogP contribution in [0.15, 0.2) is 24.3 Å². The molecule has 1 aromatic rings. The van der Waals surface area contributed by atoms with Gasteiger partial charge in [0.05, 0.1) is 25.3 Å². The standard InChI is InChI=1S/C17H21F3N2O3/c18-17(19,20)14-3-1-12(2-4-14)6-22-7-13-5-21(9-16(23)24)8-15(22)11-25-10-13/h1-4,13,15H,5-11H2,(H,23,24)/t13-,15-/m0/s1. The van der Waals surface area contributed by atoms with Crippen molar-refractivity contribution >= 4 is 5.97 Å². The molecule has 25 heavy (non-hydrogen) atoms. The molecule has 0 aromatic heterocycles. The maximum Gasteiger partial charge on any atom is 0.416 e. The Morgan fingerprint density at radius 3 is 2.52 bits per heavy atom. The normalized spacial score (nSPS) is 25.6. The summed E-state index contributed by atoms with van der Waals surface area (Å²) in [6.07, 6.45) is -4.33. The van der Waals surface area contributed by atoms with Crippen molar-refractivity contribution in [1.29, 1.82) is 0 Å². The van der Waals surface area contributed by atoms with Crippen molar-refractivity contribution in [1.82, 2.24) is 9.80 Å². The second-order valence-corrected chi connectivity index (χ2v) is 6.77. The minimum atomic E-state index is -4.33. The monoisotopic (exact) mass is 358 g/mol. The second-order valence-electron chi connectivity index (χ2n) is 6.77. The van der Waals surface area contributed by atoms with Gasteiger partial charge >= 0.3 is 12.1 Å². The number of halogens is 3. The summed E-state index contributed by atoms with van der Waals surface area (Å²) in [7, 11) is 0. The molecule has 0 aliphatic carbocycles. The highest BCUT2D eigenvalue weighted by Gasteiger charge is 2.34. The highest BCUT2D eigenvalue weighted by atomic mass is 19.4. The number of nitrogens with zero attached hydrogens (tertiary/aromatic N) is 2. The van der Waals surface area contributed by atoms with Crippen LogP contribution >= 0.6 is 0 Å². The van der Waals surface area contributed by atoms with Gasteiger partial charge in [-0.05, 0) is 17.7 Å². The molecule has 2 saturated heterocycles. The summed E-state index contributed by atoms with van der Waals surface area (Å²) >= 11 is 0. The first-order valence-corrected chi connectivity index (χ1v) is 8.23. The van der Waals surface area contributed by atoms with Crippen LogP contribution in [0.5, 0.6) is 0 Å². The third kappa shape index (κ3) is 4.71. The van der Waals surface area contributed by atoms with Crippen molar-refractivity contribution in [3.63, 3.8) is 0 Å². The molecule has 5 nitrogen and oxygen atoms in total. The van der Waals surface area contributed by atoms with E-state index in [1.165, 1.54) is 12.1 Å². The summed E-state index contributed by atoms with van der Waals surface area (Å²) in [4.78, 5) is 15.1. The molecule has 2 aliphatic rings. The summed E-state index contributed by atoms with van der Waals surface area (Å²) in [5, 5.41) is 9.04. The van der Waals surface area contributed by atoms with E-state index in [2.05, 4.69) is 4.90 Å². The molecular weight excluding hydrogens is 337 g/mol. The molecule has 3 rings (SSSR count). The third-order valence-electron chi connectivity index (χ3n) is 4.68. The van der Waals surface area contributed by atoms with E-state index in [0.717, 1.165) is 24.2 Å². The molecule has 0 spiro atoms. The molecule has 0 unspecified atom stereocenters. The number of carboxylic acids is 1. The summed E-state index contributed by atoms with van der Waals surface area (Å²) in [5.41, 5.74) is 0.159. The Morgan fingerprint density at radius 2 is 1.88 bits per heavy atom. The van der Waals surface area contributed by atoms with Crippen LogP contribution in [-0.2, 0) is 22.3 Å². The molecule has 8 heteroatoms. The van der Waals surface area contributed by atoms with Gasteiger partial charge in [0.25, 0.3) is 0 Å². The lowest BCUT2D eigenvalue weighted by Crippen LogP contribution is -2.44. The van der Waals surface area contributed by atoms with E-state index in [-0.39, 0.29) is 18.5 Å². The zero-order valence-electron chi connectivity index (χ0n) is 13.7. The Morgan fingerprint density at radius 1 is 1.16 bits per heavy atom. The molecule has 1 N–H and O–H groups in total. The zero-order valence-corrected chi connectivity index (χ0v) is 13.7. The van der Waals surface area contributed by atoms with E-state index in [1.807, 2.05) is 4.90 Å². The fourth-order valence-corrected chi connectivity index (χ4v) is 3.57. The molecule has 2 aliphatic heterocycles. The minimum Gasteiger partial charge on any atom is -0.480 e. The fourth-order valence-electron chi connectivity index (χ4n) is 3.57. The number of alkyl halides is 3. The van der Waals surface area contributed by atoms with Crippen LogP contribution < -0.4 is 0 Å². The first-order valence-electron chi connectivity index (χ1n) is 8.23. The molecule has 1 aromatic carbocycles. The molecule has 2 fully saturated rings. The number of carbonyl (C=O) groups is 1. The summed E-state index contributed by atoms with van der Waals surface area (Å²) in [6.45, 7) is 3.62. The first kappa shape index (κ1) is 18.2. The van der Waals surface area contributed by atoms with Crippen LogP contribution in [0, 0.1) is 5.92 Å². The maximum absolute atomic E-state index is 12.7. The van der Waals surface area contributed by atoms with Crippen molar-refractivity contribution in [2.75, 3.05) is 39.4 Å². The smallest absolute Gasteiger partial charge is 0.416 e. The van der Waals surface area contributed by atoms with Gasteiger partial charge in [-0.25, -0.2) is 0 Å². The number of carboxylic acid groups (broad SMARTS) is 1. The van der Waals surface area contributed by atoms with E-state index in [4.69, 9.17) is 9.84 Å². The van der Waals surface area contributed by atoms with Crippen molar-refractivity contribution in [2.24, 2.45) is 5.92 Å². The van der Waals surface area contributed by atoms with Crippen LogP contribution in [0.3, 0.4) is 0 Å². The molecular formula is C17H21F3N2O3. The average Bonchev–Trinajstić information content (AvgIpc) is 2.76. The van der Waals surface area contributed by atoms with Gasteiger partial charge in [-0.2, -0.15) is 13.2 Å². The Hall–Kier alpha value is -1.64. The molecule has 138 valence electrons. The third-order valence-corrected chi connectivity index (χ3v) is 4.68. The highest BCUT2D eigenvalue weighted by Crippen LogP contribution is 2.29. The van der Waals surface area contributed by atoms with E-state index in [0.29, 0.717) is 32.8 Å². The Labute approximate surface area is 144 Å². The van der Waals surface area contributed by atoms with E-state index >= 15 is 0 Å². The number of rotatable bonds is 4. The molecule has 2 bridgehead atoms. The number of ether oxygens (including phenoxy) is 1. The summed E-state index contributed by atoms with van der Waals surface area (Å²) in [6, 6.07) is 5.26. The molecule has 0 amide bonds. The lowest BCUT2D eigenvalue weighted by molar-refractivity contribution is -0.139. The maximum atomic E-state index is 12.7. The lowest BCUT2D eigenvalue weighted by Gasteiger charge is -2.30. The van der Waals surface area contributed by atoms with Crippen LogP contribution in [-0.4, -0.2) is 66.3 Å². The number of hydrogen-bond donors (Lipinski definition) is 1. The summed E-state index contributed by atoms with van der Waals surface area (Å²) < 4.78 is 43.7. The van der Waals surface area contributed by atoms with Gasteiger partial charge in [0.1, 0.15) is 0 Å². The van der Waals surface area contributed by atoms with Crippen LogP contribution in [0.4, 0.5) is 13.2 Å². The largest absolute Gasteiger partial charge is 0.480 e. The van der Waals surface area contributed by atoms with E-state index in [9.17, 15) is 18.0 Å². The molecule has 2 heterocycles. The van der Waals surface area contributed by atoms with Crippen molar-refractivity contribution in [3.05, 3.63) is 35.4 Å². The number of aliphatic carboxylic acids is 1. The Kier molecular flexibility index (Phi) is 5.31. The zero-order chi connectivity index (χ0) is 18.0. The topological polar surface area (TPSA) is 53.0 Å². The second kappa shape index (κ2) is 7.31. The molecule has 0 saturated carbocycles. The van der Waals surface area contributed by atoms with Gasteiger partial charge in [0.15, 0.2) is 0 Å². The fraction of sp³-hybridized carbons (Fsp3) is 0.588. The molecule has 0 radical (unpaired) electrons. The van der Waals surface area contributed by atoms with Crippen LogP contribution in [0.25, 0.3) is 0 Å². The van der Waals surface area contributed by atoms with Crippen molar-refractivity contribution < 1.29 is 27.8 Å². The average molecular weight is 358 g/mol. The van der Waals surface area contributed by atoms with Gasteiger partial charge in [-0.15, -0.1) is 0 Å².